The van der Waals surface area contributed by atoms with Crippen LogP contribution in [0.4, 0.5) is 5.69 Å². The van der Waals surface area contributed by atoms with Crippen molar-refractivity contribution in [3.63, 3.8) is 0 Å². The van der Waals surface area contributed by atoms with Gasteiger partial charge >= 0.3 is 0 Å². The molecule has 4 heteroatoms. The second-order valence-corrected chi connectivity index (χ2v) is 3.50. The zero-order chi connectivity index (χ0) is 10.1. The van der Waals surface area contributed by atoms with Crippen molar-refractivity contribution in [3.8, 4) is 0 Å². The van der Waals surface area contributed by atoms with E-state index in [9.17, 15) is 0 Å². The highest BCUT2D eigenvalue weighted by atomic mass is 35.5. The van der Waals surface area contributed by atoms with Gasteiger partial charge in [0, 0.05) is 11.6 Å². The Bertz CT molecular complexity index is 482. The van der Waals surface area contributed by atoms with E-state index >= 15 is 0 Å². The number of aromatic nitrogens is 1. The van der Waals surface area contributed by atoms with Gasteiger partial charge in [-0.15, -0.1) is 0 Å². The third-order valence-electron chi connectivity index (χ3n) is 2.18. The second kappa shape index (κ2) is 3.44. The van der Waals surface area contributed by atoms with Crippen molar-refractivity contribution >= 4 is 28.2 Å². The highest BCUT2D eigenvalue weighted by Crippen LogP contribution is 2.30. The van der Waals surface area contributed by atoms with Gasteiger partial charge in [0.15, 0.2) is 0 Å². The van der Waals surface area contributed by atoms with Crippen LogP contribution in [0.25, 0.3) is 10.9 Å². The minimum absolute atomic E-state index is 0.659. The first kappa shape index (κ1) is 9.24. The fraction of sp³-hybridized carbons (Fsp3) is 0.100. The molecule has 0 aliphatic carbocycles. The lowest BCUT2D eigenvalue weighted by Crippen LogP contribution is -2.09. The number of nitrogens with one attached hydrogen (secondary N) is 1. The first-order valence-electron chi connectivity index (χ1n) is 4.24. The van der Waals surface area contributed by atoms with Gasteiger partial charge in [-0.1, -0.05) is 17.7 Å². The number of hydrazine groups is 1. The largest absolute Gasteiger partial charge is 0.323 e. The maximum Gasteiger partial charge on any atom is 0.0738 e. The van der Waals surface area contributed by atoms with Crippen LogP contribution in [-0.2, 0) is 0 Å². The fourth-order valence-corrected chi connectivity index (χ4v) is 1.75. The molecule has 0 bridgehead atoms. The van der Waals surface area contributed by atoms with Gasteiger partial charge in [0.2, 0.25) is 0 Å². The van der Waals surface area contributed by atoms with E-state index < -0.39 is 0 Å². The first-order valence-corrected chi connectivity index (χ1v) is 4.62. The molecule has 72 valence electrons. The number of nitrogens with two attached hydrogens (primary N) is 1. The number of aryl methyl sites for hydroxylation is 1. The molecule has 3 N–H and O–H groups in total. The van der Waals surface area contributed by atoms with Crippen LogP contribution in [0, 0.1) is 6.92 Å². The molecule has 0 unspecified atom stereocenters. The topological polar surface area (TPSA) is 50.9 Å². The average molecular weight is 208 g/mol. The number of pyridine rings is 1. The van der Waals surface area contributed by atoms with Gasteiger partial charge in [-0.25, -0.2) is 0 Å². The molecule has 0 fully saturated rings. The minimum Gasteiger partial charge on any atom is -0.323 e. The summed E-state index contributed by atoms with van der Waals surface area (Å²) in [5.74, 6) is 5.45. The second-order valence-electron chi connectivity index (χ2n) is 3.09. The summed E-state index contributed by atoms with van der Waals surface area (Å²) in [7, 11) is 0. The zero-order valence-corrected chi connectivity index (χ0v) is 8.47. The number of benzene rings is 1. The quantitative estimate of drug-likeness (QED) is 0.558. The van der Waals surface area contributed by atoms with E-state index in [0.29, 0.717) is 5.02 Å². The lowest BCUT2D eigenvalue weighted by atomic mass is 10.1. The van der Waals surface area contributed by atoms with E-state index in [-0.39, 0.29) is 0 Å². The lowest BCUT2D eigenvalue weighted by molar-refractivity contribution is 1.28. The summed E-state index contributed by atoms with van der Waals surface area (Å²) < 4.78 is 0. The smallest absolute Gasteiger partial charge is 0.0738 e. The summed E-state index contributed by atoms with van der Waals surface area (Å²) in [5, 5.41) is 1.53. The van der Waals surface area contributed by atoms with Gasteiger partial charge in [-0.2, -0.15) is 0 Å². The minimum atomic E-state index is 0.659. The van der Waals surface area contributed by atoms with Crippen LogP contribution in [-0.4, -0.2) is 4.98 Å². The fourth-order valence-electron chi connectivity index (χ4n) is 1.48. The number of hydrogen-bond donors (Lipinski definition) is 2. The molecule has 0 radical (unpaired) electrons. The molecule has 0 saturated heterocycles. The number of halogens is 1. The SMILES string of the molecule is Cc1cnc2cccc(Cl)c2c1NN. The molecule has 0 atom stereocenters. The Kier molecular flexibility index (Phi) is 2.27. The summed E-state index contributed by atoms with van der Waals surface area (Å²) in [5.41, 5.74) is 5.31. The van der Waals surface area contributed by atoms with E-state index in [1.807, 2.05) is 25.1 Å². The molecule has 14 heavy (non-hydrogen) atoms. The van der Waals surface area contributed by atoms with Gasteiger partial charge < -0.3 is 5.43 Å². The third-order valence-corrected chi connectivity index (χ3v) is 2.49. The molecule has 2 aromatic rings. The lowest BCUT2D eigenvalue weighted by Gasteiger charge is -2.09. The van der Waals surface area contributed by atoms with Crippen LogP contribution in [0.15, 0.2) is 24.4 Å². The highest BCUT2D eigenvalue weighted by Gasteiger charge is 2.07. The number of nitrogens with zero attached hydrogens (tertiary/aromatic N) is 1. The van der Waals surface area contributed by atoms with Crippen LogP contribution in [0.2, 0.25) is 5.02 Å². The monoisotopic (exact) mass is 207 g/mol. The maximum absolute atomic E-state index is 6.08. The Balaban J connectivity index is 2.91. The van der Waals surface area contributed by atoms with Crippen molar-refractivity contribution in [1.82, 2.24) is 4.98 Å². The van der Waals surface area contributed by atoms with Crippen LogP contribution in [0.3, 0.4) is 0 Å². The van der Waals surface area contributed by atoms with Crippen molar-refractivity contribution in [1.29, 1.82) is 0 Å². The summed E-state index contributed by atoms with van der Waals surface area (Å²) in [4.78, 5) is 4.27. The molecule has 0 amide bonds. The van der Waals surface area contributed by atoms with E-state index in [2.05, 4.69) is 10.4 Å². The third kappa shape index (κ3) is 1.31. The molecule has 0 spiro atoms. The van der Waals surface area contributed by atoms with Crippen molar-refractivity contribution in [2.75, 3.05) is 5.43 Å². The van der Waals surface area contributed by atoms with Crippen LogP contribution in [0.1, 0.15) is 5.56 Å². The Morgan fingerprint density at radius 2 is 2.21 bits per heavy atom. The number of nitrogen functional groups attached to an aromatic ring is 1. The van der Waals surface area contributed by atoms with Gasteiger partial charge in [-0.3, -0.25) is 10.8 Å². The Morgan fingerprint density at radius 3 is 2.93 bits per heavy atom. The zero-order valence-electron chi connectivity index (χ0n) is 7.71. The average Bonchev–Trinajstić information content (AvgIpc) is 2.19. The van der Waals surface area contributed by atoms with Crippen LogP contribution in [0.5, 0.6) is 0 Å². The summed E-state index contributed by atoms with van der Waals surface area (Å²) in [6.07, 6.45) is 1.77. The van der Waals surface area contributed by atoms with Gasteiger partial charge in [-0.05, 0) is 24.6 Å². The molecular formula is C10H10ClN3. The van der Waals surface area contributed by atoms with Gasteiger partial charge in [0.25, 0.3) is 0 Å². The van der Waals surface area contributed by atoms with E-state index in [0.717, 1.165) is 22.2 Å². The normalized spacial score (nSPS) is 10.5. The van der Waals surface area contributed by atoms with Gasteiger partial charge in [0.1, 0.15) is 0 Å². The summed E-state index contributed by atoms with van der Waals surface area (Å²) in [6.45, 7) is 1.94. The first-order chi connectivity index (χ1) is 6.74. The van der Waals surface area contributed by atoms with Gasteiger partial charge in [0.05, 0.1) is 16.2 Å². The molecule has 0 aliphatic rings. The molecule has 1 heterocycles. The molecule has 1 aromatic heterocycles. The van der Waals surface area contributed by atoms with E-state index in [1.54, 1.807) is 6.20 Å². The van der Waals surface area contributed by atoms with E-state index in [1.165, 1.54) is 0 Å². The predicted octanol–water partition coefficient (Wildman–Crippen LogP) is 2.48. The highest BCUT2D eigenvalue weighted by molar-refractivity contribution is 6.36. The maximum atomic E-state index is 6.08. The summed E-state index contributed by atoms with van der Waals surface area (Å²) >= 11 is 6.08. The Hall–Kier alpha value is -1.32. The van der Waals surface area contributed by atoms with Crippen LogP contribution < -0.4 is 11.3 Å². The molecule has 3 nitrogen and oxygen atoms in total. The summed E-state index contributed by atoms with van der Waals surface area (Å²) in [6, 6.07) is 5.60. The van der Waals surface area contributed by atoms with Crippen molar-refractivity contribution in [3.05, 3.63) is 35.0 Å². The Labute approximate surface area is 86.9 Å². The predicted molar refractivity (Wildman–Crippen MR) is 59.3 cm³/mol. The molecule has 1 aromatic carbocycles. The van der Waals surface area contributed by atoms with Crippen molar-refractivity contribution < 1.29 is 0 Å². The number of anilines is 1. The number of rotatable bonds is 1. The number of hydrogen-bond acceptors (Lipinski definition) is 3. The van der Waals surface area contributed by atoms with Crippen molar-refractivity contribution in [2.24, 2.45) is 5.84 Å². The molecule has 0 saturated carbocycles. The standard InChI is InChI=1S/C10H10ClN3/c1-6-5-13-8-4-2-3-7(11)9(8)10(6)14-12/h2-5H,12H2,1H3,(H,13,14). The van der Waals surface area contributed by atoms with E-state index in [4.69, 9.17) is 17.4 Å². The molecular weight excluding hydrogens is 198 g/mol. The number of fused-ring (bicyclic) bond motifs is 1. The van der Waals surface area contributed by atoms with Crippen LogP contribution >= 0.6 is 11.6 Å². The Morgan fingerprint density at radius 1 is 1.43 bits per heavy atom. The molecule has 0 aliphatic heterocycles. The molecule has 2 rings (SSSR count). The van der Waals surface area contributed by atoms with Crippen molar-refractivity contribution in [2.45, 2.75) is 6.92 Å².